The Balaban J connectivity index is 2.95. The first-order valence-corrected chi connectivity index (χ1v) is 3.76. The van der Waals surface area contributed by atoms with Crippen LogP contribution in [0.2, 0.25) is 0 Å². The van der Waals surface area contributed by atoms with E-state index in [1.54, 1.807) is 6.92 Å². The maximum Gasteiger partial charge on any atom is 0.360 e. The molecule has 13 heavy (non-hydrogen) atoms. The van der Waals surface area contributed by atoms with Gasteiger partial charge in [0.1, 0.15) is 0 Å². The summed E-state index contributed by atoms with van der Waals surface area (Å²) in [5.41, 5.74) is 5.51. The summed E-state index contributed by atoms with van der Waals surface area (Å²) in [7, 11) is 0. The predicted octanol–water partition coefficient (Wildman–Crippen LogP) is 0.546. The number of nitrogens with zero attached hydrogens (tertiary/aromatic N) is 1. The number of rotatable bonds is 2. The van der Waals surface area contributed by atoms with Crippen LogP contribution < -0.4 is 5.73 Å². The van der Waals surface area contributed by atoms with Crippen LogP contribution in [0.25, 0.3) is 0 Å². The Morgan fingerprint density at radius 2 is 2.46 bits per heavy atom. The normalized spacial score (nSPS) is 9.62. The highest BCUT2D eigenvalue weighted by atomic mass is 16.5. The van der Waals surface area contributed by atoms with E-state index in [0.29, 0.717) is 5.69 Å². The first-order valence-electron chi connectivity index (χ1n) is 3.76. The van der Waals surface area contributed by atoms with Gasteiger partial charge in [-0.2, -0.15) is 0 Å². The van der Waals surface area contributed by atoms with E-state index in [-0.39, 0.29) is 18.1 Å². The van der Waals surface area contributed by atoms with Crippen LogP contribution in [0, 0.1) is 0 Å². The number of carbonyl (C=O) groups excluding carboxylic acids is 1. The van der Waals surface area contributed by atoms with Crippen LogP contribution in [0.15, 0.2) is 12.3 Å². The van der Waals surface area contributed by atoms with Crippen molar-refractivity contribution in [1.29, 1.82) is 0 Å². The number of aromatic hydroxyl groups is 1. The molecule has 0 aliphatic heterocycles. The van der Waals surface area contributed by atoms with E-state index in [2.05, 4.69) is 9.72 Å². The van der Waals surface area contributed by atoms with Gasteiger partial charge in [0.25, 0.3) is 0 Å². The number of nitrogen functional groups attached to an aromatic ring is 1. The third-order valence-corrected chi connectivity index (χ3v) is 1.36. The van der Waals surface area contributed by atoms with Crippen molar-refractivity contribution in [2.45, 2.75) is 6.92 Å². The summed E-state index contributed by atoms with van der Waals surface area (Å²) in [6, 6.07) is 1.25. The number of hydrogen-bond acceptors (Lipinski definition) is 5. The first-order chi connectivity index (χ1) is 6.15. The molecule has 0 saturated carbocycles. The third-order valence-electron chi connectivity index (χ3n) is 1.36. The number of ether oxygens (including phenoxy) is 1. The van der Waals surface area contributed by atoms with Gasteiger partial charge >= 0.3 is 5.97 Å². The van der Waals surface area contributed by atoms with Crippen molar-refractivity contribution < 1.29 is 14.6 Å². The van der Waals surface area contributed by atoms with Gasteiger partial charge in [-0.25, -0.2) is 9.78 Å². The van der Waals surface area contributed by atoms with Gasteiger partial charge in [0.15, 0.2) is 11.4 Å². The first kappa shape index (κ1) is 9.31. The van der Waals surface area contributed by atoms with Gasteiger partial charge in [-0.15, -0.1) is 0 Å². The third kappa shape index (κ3) is 2.08. The van der Waals surface area contributed by atoms with E-state index in [4.69, 9.17) is 5.73 Å². The highest BCUT2D eigenvalue weighted by Crippen LogP contribution is 2.17. The minimum atomic E-state index is -0.653. The molecule has 0 spiro atoms. The average Bonchev–Trinajstić information content (AvgIpc) is 2.04. The number of esters is 1. The fraction of sp³-hybridized carbons (Fsp3) is 0.250. The lowest BCUT2D eigenvalue weighted by atomic mass is 10.3. The summed E-state index contributed by atoms with van der Waals surface area (Å²) in [6.45, 7) is 1.91. The minimum absolute atomic E-state index is 0.115. The molecule has 0 aliphatic rings. The molecule has 1 rings (SSSR count). The molecule has 0 amide bonds. The second-order valence-electron chi connectivity index (χ2n) is 2.36. The molecule has 0 unspecified atom stereocenters. The van der Waals surface area contributed by atoms with Crippen LogP contribution in [-0.4, -0.2) is 22.7 Å². The lowest BCUT2D eigenvalue weighted by Crippen LogP contribution is -2.07. The van der Waals surface area contributed by atoms with Gasteiger partial charge in [0.2, 0.25) is 0 Å². The average molecular weight is 182 g/mol. The van der Waals surface area contributed by atoms with E-state index >= 15 is 0 Å². The van der Waals surface area contributed by atoms with Crippen LogP contribution in [0.1, 0.15) is 17.4 Å². The zero-order chi connectivity index (χ0) is 9.84. The topological polar surface area (TPSA) is 85.4 Å². The quantitative estimate of drug-likeness (QED) is 0.652. The summed E-state index contributed by atoms with van der Waals surface area (Å²) in [5.74, 6) is -0.918. The molecule has 1 heterocycles. The SMILES string of the molecule is CCOC(=O)c1ncc(N)cc1O. The van der Waals surface area contributed by atoms with Crippen LogP contribution in [0.4, 0.5) is 5.69 Å². The van der Waals surface area contributed by atoms with Crippen molar-refractivity contribution in [2.24, 2.45) is 0 Å². The van der Waals surface area contributed by atoms with Gasteiger partial charge in [-0.05, 0) is 6.92 Å². The number of carbonyl (C=O) groups is 1. The van der Waals surface area contributed by atoms with Crippen molar-refractivity contribution >= 4 is 11.7 Å². The van der Waals surface area contributed by atoms with E-state index in [0.717, 1.165) is 0 Å². The number of hydrogen-bond donors (Lipinski definition) is 2. The molecule has 0 aromatic carbocycles. The predicted molar refractivity (Wildman–Crippen MR) is 46.3 cm³/mol. The van der Waals surface area contributed by atoms with Crippen molar-refractivity contribution in [2.75, 3.05) is 12.3 Å². The summed E-state index contributed by atoms with van der Waals surface area (Å²) in [5, 5.41) is 9.25. The van der Waals surface area contributed by atoms with Crippen LogP contribution in [0.5, 0.6) is 5.75 Å². The van der Waals surface area contributed by atoms with Crippen molar-refractivity contribution in [3.8, 4) is 5.75 Å². The Morgan fingerprint density at radius 3 is 3.00 bits per heavy atom. The van der Waals surface area contributed by atoms with E-state index in [9.17, 15) is 9.90 Å². The molecule has 0 saturated heterocycles. The zero-order valence-electron chi connectivity index (χ0n) is 7.15. The van der Waals surface area contributed by atoms with Gasteiger partial charge in [-0.1, -0.05) is 0 Å². The molecule has 0 bridgehead atoms. The highest BCUT2D eigenvalue weighted by Gasteiger charge is 2.13. The molecule has 0 fully saturated rings. The van der Waals surface area contributed by atoms with Crippen molar-refractivity contribution in [3.05, 3.63) is 18.0 Å². The van der Waals surface area contributed by atoms with E-state index in [1.165, 1.54) is 12.3 Å². The molecule has 3 N–H and O–H groups in total. The van der Waals surface area contributed by atoms with Crippen molar-refractivity contribution in [1.82, 2.24) is 4.98 Å². The minimum Gasteiger partial charge on any atom is -0.505 e. The molecule has 70 valence electrons. The summed E-state index contributed by atoms with van der Waals surface area (Å²) >= 11 is 0. The Morgan fingerprint density at radius 1 is 1.77 bits per heavy atom. The largest absolute Gasteiger partial charge is 0.505 e. The molecule has 1 aromatic heterocycles. The number of nitrogens with two attached hydrogens (primary N) is 1. The Labute approximate surface area is 75.2 Å². The lowest BCUT2D eigenvalue weighted by Gasteiger charge is -2.03. The highest BCUT2D eigenvalue weighted by molar-refractivity contribution is 5.90. The van der Waals surface area contributed by atoms with Crippen molar-refractivity contribution in [3.63, 3.8) is 0 Å². The Bertz CT molecular complexity index is 325. The van der Waals surface area contributed by atoms with Crippen LogP contribution in [-0.2, 0) is 4.74 Å². The molecular formula is C8H10N2O3. The summed E-state index contributed by atoms with van der Waals surface area (Å²) in [6.07, 6.45) is 1.28. The van der Waals surface area contributed by atoms with Crippen LogP contribution in [0.3, 0.4) is 0 Å². The van der Waals surface area contributed by atoms with E-state index < -0.39 is 5.97 Å². The van der Waals surface area contributed by atoms with Crippen LogP contribution >= 0.6 is 0 Å². The van der Waals surface area contributed by atoms with Gasteiger partial charge in [0.05, 0.1) is 18.5 Å². The maximum atomic E-state index is 11.1. The molecular weight excluding hydrogens is 172 g/mol. The Hall–Kier alpha value is -1.78. The summed E-state index contributed by atoms with van der Waals surface area (Å²) < 4.78 is 4.65. The summed E-state index contributed by atoms with van der Waals surface area (Å²) in [4.78, 5) is 14.7. The second kappa shape index (κ2) is 3.75. The fourth-order valence-electron chi connectivity index (χ4n) is 0.825. The molecule has 0 aliphatic carbocycles. The smallest absolute Gasteiger partial charge is 0.360 e. The second-order valence-corrected chi connectivity index (χ2v) is 2.36. The van der Waals surface area contributed by atoms with Gasteiger partial charge in [0, 0.05) is 6.07 Å². The van der Waals surface area contributed by atoms with E-state index in [1.807, 2.05) is 0 Å². The van der Waals surface area contributed by atoms with Gasteiger partial charge < -0.3 is 15.6 Å². The Kier molecular flexibility index (Phi) is 2.69. The monoisotopic (exact) mass is 182 g/mol. The molecule has 5 heteroatoms. The number of aromatic nitrogens is 1. The lowest BCUT2D eigenvalue weighted by molar-refractivity contribution is 0.0516. The molecule has 0 radical (unpaired) electrons. The van der Waals surface area contributed by atoms with Gasteiger partial charge in [-0.3, -0.25) is 0 Å². The molecule has 5 nitrogen and oxygen atoms in total. The number of pyridine rings is 1. The standard InChI is InChI=1S/C8H10N2O3/c1-2-13-8(12)7-6(11)3-5(9)4-10-7/h3-4,11H,2,9H2,1H3. The zero-order valence-corrected chi connectivity index (χ0v) is 7.15. The molecule has 0 atom stereocenters. The molecule has 1 aromatic rings. The number of anilines is 1. The maximum absolute atomic E-state index is 11.1. The fourth-order valence-corrected chi connectivity index (χ4v) is 0.825.